The van der Waals surface area contributed by atoms with E-state index in [1.54, 1.807) is 25.2 Å². The zero-order valence-corrected chi connectivity index (χ0v) is 8.77. The molecule has 0 saturated carbocycles. The van der Waals surface area contributed by atoms with Gasteiger partial charge in [-0.15, -0.1) is 0 Å². The number of nitrogens with zero attached hydrogens (tertiary/aromatic N) is 1. The van der Waals surface area contributed by atoms with Gasteiger partial charge < -0.3 is 10.3 Å². The number of nitrogen functional groups attached to an aromatic ring is 1. The minimum atomic E-state index is -0.308. The van der Waals surface area contributed by atoms with Gasteiger partial charge in [0, 0.05) is 18.8 Å². The first-order chi connectivity index (χ1) is 7.58. The van der Waals surface area contributed by atoms with Crippen LogP contribution in [0.3, 0.4) is 0 Å². The third-order valence-corrected chi connectivity index (χ3v) is 2.43. The molecule has 1 aromatic heterocycles. The predicted octanol–water partition coefficient (Wildman–Crippen LogP) is 1.77. The number of halogens is 1. The highest BCUT2D eigenvalue weighted by Gasteiger charge is 2.04. The van der Waals surface area contributed by atoms with Crippen LogP contribution in [0.5, 0.6) is 0 Å². The standard InChI is InChI=1S/C12H11FN2O/c1-15-11(6-10(14)7-12(15)16)8-2-4-9(13)5-3-8/h2-7H,14H2,1H3. The van der Waals surface area contributed by atoms with E-state index in [-0.39, 0.29) is 11.4 Å². The van der Waals surface area contributed by atoms with Crippen LogP contribution in [0, 0.1) is 5.82 Å². The second kappa shape index (κ2) is 3.81. The number of nitrogens with two attached hydrogens (primary N) is 1. The third-order valence-electron chi connectivity index (χ3n) is 2.43. The number of benzene rings is 1. The summed E-state index contributed by atoms with van der Waals surface area (Å²) in [6, 6.07) is 8.97. The number of aromatic nitrogens is 1. The molecule has 0 aliphatic rings. The molecule has 0 aliphatic heterocycles. The van der Waals surface area contributed by atoms with E-state index in [1.807, 2.05) is 0 Å². The smallest absolute Gasteiger partial charge is 0.252 e. The molecule has 82 valence electrons. The van der Waals surface area contributed by atoms with E-state index in [4.69, 9.17) is 5.73 Å². The highest BCUT2D eigenvalue weighted by molar-refractivity contribution is 5.63. The lowest BCUT2D eigenvalue weighted by Gasteiger charge is -2.08. The minimum Gasteiger partial charge on any atom is -0.399 e. The van der Waals surface area contributed by atoms with Gasteiger partial charge in [-0.05, 0) is 35.9 Å². The number of pyridine rings is 1. The van der Waals surface area contributed by atoms with E-state index < -0.39 is 0 Å². The van der Waals surface area contributed by atoms with Crippen molar-refractivity contribution in [3.63, 3.8) is 0 Å². The fourth-order valence-electron chi connectivity index (χ4n) is 1.55. The number of hydrogen-bond acceptors (Lipinski definition) is 2. The molecule has 2 aromatic rings. The summed E-state index contributed by atoms with van der Waals surface area (Å²) in [5, 5.41) is 0. The van der Waals surface area contributed by atoms with Crippen LogP contribution in [0.25, 0.3) is 11.3 Å². The van der Waals surface area contributed by atoms with Gasteiger partial charge in [0.2, 0.25) is 0 Å². The SMILES string of the molecule is Cn1c(-c2ccc(F)cc2)cc(N)cc1=O. The lowest BCUT2D eigenvalue weighted by atomic mass is 10.1. The molecule has 16 heavy (non-hydrogen) atoms. The molecule has 1 aromatic carbocycles. The van der Waals surface area contributed by atoms with E-state index in [2.05, 4.69) is 0 Å². The molecule has 0 unspecified atom stereocenters. The molecule has 0 bridgehead atoms. The molecule has 2 rings (SSSR count). The molecule has 1 heterocycles. The van der Waals surface area contributed by atoms with Crippen LogP contribution >= 0.6 is 0 Å². The first kappa shape index (κ1) is 10.4. The Kier molecular flexibility index (Phi) is 2.48. The molecule has 0 aliphatic carbocycles. The van der Waals surface area contributed by atoms with Gasteiger partial charge >= 0.3 is 0 Å². The first-order valence-electron chi connectivity index (χ1n) is 4.80. The van der Waals surface area contributed by atoms with Crippen LogP contribution < -0.4 is 11.3 Å². The van der Waals surface area contributed by atoms with Crippen molar-refractivity contribution < 1.29 is 4.39 Å². The van der Waals surface area contributed by atoms with Gasteiger partial charge in [0.15, 0.2) is 0 Å². The Hall–Kier alpha value is -2.10. The summed E-state index contributed by atoms with van der Waals surface area (Å²) < 4.78 is 14.2. The van der Waals surface area contributed by atoms with Crippen LogP contribution in [0.4, 0.5) is 10.1 Å². The monoisotopic (exact) mass is 218 g/mol. The van der Waals surface area contributed by atoms with E-state index in [1.165, 1.54) is 22.8 Å². The maximum absolute atomic E-state index is 12.8. The van der Waals surface area contributed by atoms with Crippen LogP contribution in [0.2, 0.25) is 0 Å². The average Bonchev–Trinajstić information content (AvgIpc) is 2.25. The third kappa shape index (κ3) is 1.82. The van der Waals surface area contributed by atoms with E-state index in [0.29, 0.717) is 11.4 Å². The number of hydrogen-bond donors (Lipinski definition) is 1. The average molecular weight is 218 g/mol. The van der Waals surface area contributed by atoms with Crippen LogP contribution in [-0.4, -0.2) is 4.57 Å². The lowest BCUT2D eigenvalue weighted by Crippen LogP contribution is -2.18. The summed E-state index contributed by atoms with van der Waals surface area (Å²) in [5.41, 5.74) is 7.26. The van der Waals surface area contributed by atoms with Gasteiger partial charge in [-0.2, -0.15) is 0 Å². The van der Waals surface area contributed by atoms with Crippen molar-refractivity contribution in [3.8, 4) is 11.3 Å². The topological polar surface area (TPSA) is 48.0 Å². The minimum absolute atomic E-state index is 0.181. The quantitative estimate of drug-likeness (QED) is 0.793. The van der Waals surface area contributed by atoms with Crippen molar-refractivity contribution in [2.24, 2.45) is 7.05 Å². The predicted molar refractivity (Wildman–Crippen MR) is 61.5 cm³/mol. The van der Waals surface area contributed by atoms with Gasteiger partial charge in [-0.3, -0.25) is 4.79 Å². The second-order valence-corrected chi connectivity index (χ2v) is 3.58. The van der Waals surface area contributed by atoms with Gasteiger partial charge in [0.05, 0.1) is 5.69 Å². The van der Waals surface area contributed by atoms with E-state index in [9.17, 15) is 9.18 Å². The molecule has 2 N–H and O–H groups in total. The molecule has 0 atom stereocenters. The first-order valence-corrected chi connectivity index (χ1v) is 4.80. The number of rotatable bonds is 1. The summed E-state index contributed by atoms with van der Waals surface area (Å²) in [4.78, 5) is 11.5. The molecule has 0 spiro atoms. The Labute approximate surface area is 92.0 Å². The van der Waals surface area contributed by atoms with Crippen molar-refractivity contribution in [2.45, 2.75) is 0 Å². The zero-order chi connectivity index (χ0) is 11.7. The molecule has 0 fully saturated rings. The highest BCUT2D eigenvalue weighted by atomic mass is 19.1. The van der Waals surface area contributed by atoms with E-state index in [0.717, 1.165) is 5.56 Å². The summed E-state index contributed by atoms with van der Waals surface area (Å²) in [6.45, 7) is 0. The molecule has 0 saturated heterocycles. The summed E-state index contributed by atoms with van der Waals surface area (Å²) >= 11 is 0. The second-order valence-electron chi connectivity index (χ2n) is 3.58. The van der Waals surface area contributed by atoms with E-state index >= 15 is 0 Å². The van der Waals surface area contributed by atoms with Gasteiger partial charge in [-0.1, -0.05) is 0 Å². The summed E-state index contributed by atoms with van der Waals surface area (Å²) in [7, 11) is 1.65. The van der Waals surface area contributed by atoms with Crippen molar-refractivity contribution >= 4 is 5.69 Å². The van der Waals surface area contributed by atoms with Gasteiger partial charge in [0.25, 0.3) is 5.56 Å². The van der Waals surface area contributed by atoms with Crippen molar-refractivity contribution in [1.29, 1.82) is 0 Å². The lowest BCUT2D eigenvalue weighted by molar-refractivity contribution is 0.628. The molecular formula is C12H11FN2O. The largest absolute Gasteiger partial charge is 0.399 e. The Balaban J connectivity index is 2.64. The van der Waals surface area contributed by atoms with Crippen LogP contribution in [0.15, 0.2) is 41.2 Å². The van der Waals surface area contributed by atoms with Crippen LogP contribution in [0.1, 0.15) is 0 Å². The fraction of sp³-hybridized carbons (Fsp3) is 0.0833. The van der Waals surface area contributed by atoms with Crippen LogP contribution in [-0.2, 0) is 7.05 Å². The summed E-state index contributed by atoms with van der Waals surface area (Å²) in [6.07, 6.45) is 0. The normalized spacial score (nSPS) is 10.4. The molecular weight excluding hydrogens is 207 g/mol. The maximum Gasteiger partial charge on any atom is 0.252 e. The zero-order valence-electron chi connectivity index (χ0n) is 8.77. The Morgan fingerprint density at radius 1 is 1.19 bits per heavy atom. The Morgan fingerprint density at radius 3 is 2.44 bits per heavy atom. The molecule has 0 radical (unpaired) electrons. The highest BCUT2D eigenvalue weighted by Crippen LogP contribution is 2.19. The molecule has 4 heteroatoms. The summed E-state index contributed by atoms with van der Waals surface area (Å²) in [5.74, 6) is -0.308. The molecule has 0 amide bonds. The Bertz CT molecular complexity index is 573. The van der Waals surface area contributed by atoms with Gasteiger partial charge in [-0.25, -0.2) is 4.39 Å². The van der Waals surface area contributed by atoms with Gasteiger partial charge in [0.1, 0.15) is 5.82 Å². The fourth-order valence-corrected chi connectivity index (χ4v) is 1.55. The van der Waals surface area contributed by atoms with Crippen molar-refractivity contribution in [2.75, 3.05) is 5.73 Å². The maximum atomic E-state index is 12.8. The van der Waals surface area contributed by atoms with Crippen molar-refractivity contribution in [3.05, 3.63) is 52.6 Å². The number of anilines is 1. The van der Waals surface area contributed by atoms with Crippen molar-refractivity contribution in [1.82, 2.24) is 4.57 Å². The Morgan fingerprint density at radius 2 is 1.81 bits per heavy atom. The molecule has 3 nitrogen and oxygen atoms in total.